The number of benzene rings is 5. The standard InChI is InChI=1S/C58H54N4/c1-5-18-49-48-21-11-9-10-20-41(48)40-59(54(49)7-3)42-28-30-43(31-29-42)60(44-32-36-46(37-33-44)61-55(8-4)50(19-6-2)51-22-12-15-25-56(51)61)45-34-38-47(39-35-45)62-57-26-16-13-23-52(57)53-24-14-17-27-58(53)62/h5-6,10-28,30-39,42H,7-9,29,40H2,1-4H3/b18-5-,19-6-. The lowest BCUT2D eigenvalue weighted by atomic mass is 9.89. The van der Waals surface area contributed by atoms with Crippen LogP contribution in [0.4, 0.5) is 11.4 Å². The molecule has 4 heteroatoms. The molecule has 0 saturated heterocycles. The monoisotopic (exact) mass is 806 g/mol. The topological polar surface area (TPSA) is 16.3 Å². The summed E-state index contributed by atoms with van der Waals surface area (Å²) in [5.41, 5.74) is 17.6. The van der Waals surface area contributed by atoms with Crippen molar-refractivity contribution in [3.05, 3.63) is 221 Å². The second-order valence-corrected chi connectivity index (χ2v) is 16.4. The normalized spacial score (nSPS) is 16.7. The van der Waals surface area contributed by atoms with Crippen molar-refractivity contribution in [2.75, 3.05) is 11.4 Å². The smallest absolute Gasteiger partial charge is 0.0541 e. The van der Waals surface area contributed by atoms with Crippen LogP contribution in [0.25, 0.3) is 50.2 Å². The maximum Gasteiger partial charge on any atom is 0.0541 e. The van der Waals surface area contributed by atoms with E-state index in [1.807, 2.05) is 0 Å². The molecule has 62 heavy (non-hydrogen) atoms. The Balaban J connectivity index is 1.05. The first-order valence-corrected chi connectivity index (χ1v) is 22.4. The maximum absolute atomic E-state index is 2.65. The Labute approximate surface area is 366 Å². The molecule has 0 radical (unpaired) electrons. The molecule has 0 N–H and O–H groups in total. The zero-order valence-corrected chi connectivity index (χ0v) is 36.3. The van der Waals surface area contributed by atoms with E-state index in [0.717, 1.165) is 49.3 Å². The highest BCUT2D eigenvalue weighted by Gasteiger charge is 2.29. The van der Waals surface area contributed by atoms with E-state index in [4.69, 9.17) is 0 Å². The minimum absolute atomic E-state index is 0.256. The number of rotatable bonds is 10. The Hall–Kier alpha value is -7.04. The molecule has 0 amide bonds. The van der Waals surface area contributed by atoms with E-state index in [0.29, 0.717) is 0 Å². The second kappa shape index (κ2) is 16.8. The molecule has 4 nitrogen and oxygen atoms in total. The van der Waals surface area contributed by atoms with Gasteiger partial charge in [-0.1, -0.05) is 129 Å². The number of aromatic nitrogens is 2. The average Bonchev–Trinajstić information content (AvgIpc) is 3.70. The van der Waals surface area contributed by atoms with E-state index in [2.05, 4.69) is 235 Å². The Kier molecular flexibility index (Phi) is 10.6. The van der Waals surface area contributed by atoms with Crippen LogP contribution in [0.5, 0.6) is 0 Å². The van der Waals surface area contributed by atoms with Crippen LogP contribution in [0.2, 0.25) is 0 Å². The lowest BCUT2D eigenvalue weighted by Gasteiger charge is -2.40. The van der Waals surface area contributed by atoms with Gasteiger partial charge in [0.15, 0.2) is 0 Å². The molecule has 1 unspecified atom stereocenters. The fourth-order valence-corrected chi connectivity index (χ4v) is 10.2. The van der Waals surface area contributed by atoms with Crippen LogP contribution in [0.1, 0.15) is 58.2 Å². The molecule has 0 saturated carbocycles. The Morgan fingerprint density at radius 1 is 0.613 bits per heavy atom. The Morgan fingerprint density at radius 3 is 1.77 bits per heavy atom. The lowest BCUT2D eigenvalue weighted by molar-refractivity contribution is 0.300. The number of nitrogens with zero attached hydrogens (tertiary/aromatic N) is 4. The third kappa shape index (κ3) is 6.71. The summed E-state index contributed by atoms with van der Waals surface area (Å²) in [6, 6.07) is 44.8. The van der Waals surface area contributed by atoms with Crippen LogP contribution < -0.4 is 4.90 Å². The molecular weight excluding hydrogens is 753 g/mol. The van der Waals surface area contributed by atoms with Crippen LogP contribution in [0.3, 0.4) is 0 Å². The molecule has 306 valence electrons. The summed E-state index contributed by atoms with van der Waals surface area (Å²) in [6.45, 7) is 9.71. The Morgan fingerprint density at radius 2 is 1.19 bits per heavy atom. The van der Waals surface area contributed by atoms with Crippen molar-refractivity contribution in [3.8, 4) is 11.4 Å². The summed E-state index contributed by atoms with van der Waals surface area (Å²) in [5.74, 6) is 0. The SMILES string of the molecule is C/C=C\C1=C(CC)N(C2C=CC(N(c3ccc(-n4c(CC)c(/C=C\C)c5ccccc54)cc3)c3ccc(-n4c5ccccc5c5ccccc54)cc3)=CC2)CC2=C1C=CCC=C2. The fraction of sp³-hybridized carbons (Fsp3) is 0.172. The van der Waals surface area contributed by atoms with Gasteiger partial charge in [-0.25, -0.2) is 0 Å². The summed E-state index contributed by atoms with van der Waals surface area (Å²) in [4.78, 5) is 5.08. The van der Waals surface area contributed by atoms with E-state index in [1.165, 1.54) is 77.8 Å². The number of allylic oxidation sites excluding steroid dienone is 10. The summed E-state index contributed by atoms with van der Waals surface area (Å²) in [7, 11) is 0. The van der Waals surface area contributed by atoms with Gasteiger partial charge in [-0.3, -0.25) is 0 Å². The van der Waals surface area contributed by atoms with Gasteiger partial charge in [0.05, 0.1) is 22.6 Å². The highest BCUT2D eigenvalue weighted by atomic mass is 15.2. The van der Waals surface area contributed by atoms with Gasteiger partial charge in [0, 0.05) is 73.7 Å². The molecule has 0 bridgehead atoms. The maximum atomic E-state index is 2.65. The van der Waals surface area contributed by atoms with Crippen molar-refractivity contribution in [3.63, 3.8) is 0 Å². The van der Waals surface area contributed by atoms with E-state index >= 15 is 0 Å². The Bertz CT molecular complexity index is 3020. The lowest BCUT2D eigenvalue weighted by Crippen LogP contribution is -2.38. The number of fused-ring (bicyclic) bond motifs is 4. The molecule has 1 aliphatic heterocycles. The van der Waals surface area contributed by atoms with Crippen LogP contribution in [-0.4, -0.2) is 26.6 Å². The molecule has 0 fully saturated rings. The zero-order valence-electron chi connectivity index (χ0n) is 36.3. The molecule has 2 aliphatic carbocycles. The summed E-state index contributed by atoms with van der Waals surface area (Å²) < 4.78 is 4.84. The fourth-order valence-electron chi connectivity index (χ4n) is 10.2. The van der Waals surface area contributed by atoms with Crippen molar-refractivity contribution in [2.45, 2.75) is 59.4 Å². The predicted molar refractivity (Wildman–Crippen MR) is 265 cm³/mol. The van der Waals surface area contributed by atoms with E-state index in [-0.39, 0.29) is 6.04 Å². The highest BCUT2D eigenvalue weighted by molar-refractivity contribution is 6.09. The molecule has 3 aliphatic rings. The summed E-state index contributed by atoms with van der Waals surface area (Å²) in [5, 5.41) is 3.83. The van der Waals surface area contributed by atoms with Gasteiger partial charge in [-0.2, -0.15) is 0 Å². The van der Waals surface area contributed by atoms with E-state index in [1.54, 1.807) is 0 Å². The first-order valence-electron chi connectivity index (χ1n) is 22.4. The van der Waals surface area contributed by atoms with Crippen molar-refractivity contribution in [1.82, 2.24) is 14.0 Å². The second-order valence-electron chi connectivity index (χ2n) is 16.4. The van der Waals surface area contributed by atoms with Crippen LogP contribution >= 0.6 is 0 Å². The third-order valence-electron chi connectivity index (χ3n) is 12.9. The molecule has 7 aromatic rings. The van der Waals surface area contributed by atoms with Crippen molar-refractivity contribution in [1.29, 1.82) is 0 Å². The molecule has 3 heterocycles. The molecular formula is C58H54N4. The molecule has 0 spiro atoms. The van der Waals surface area contributed by atoms with Crippen LogP contribution in [-0.2, 0) is 6.42 Å². The molecule has 10 rings (SSSR count). The summed E-state index contributed by atoms with van der Waals surface area (Å²) in [6.07, 6.45) is 29.3. The van der Waals surface area contributed by atoms with E-state index < -0.39 is 0 Å². The molecule has 2 aromatic heterocycles. The van der Waals surface area contributed by atoms with Crippen molar-refractivity contribution >= 4 is 50.2 Å². The van der Waals surface area contributed by atoms with E-state index in [9.17, 15) is 0 Å². The van der Waals surface area contributed by atoms with Gasteiger partial charge < -0.3 is 18.9 Å². The number of hydrogen-bond donors (Lipinski definition) is 0. The first-order chi connectivity index (χ1) is 30.6. The number of anilines is 2. The highest BCUT2D eigenvalue weighted by Crippen LogP contribution is 2.40. The largest absolute Gasteiger partial charge is 0.363 e. The quantitative estimate of drug-likeness (QED) is 0.137. The molecule has 5 aromatic carbocycles. The third-order valence-corrected chi connectivity index (χ3v) is 12.9. The van der Waals surface area contributed by atoms with Crippen molar-refractivity contribution < 1.29 is 0 Å². The summed E-state index contributed by atoms with van der Waals surface area (Å²) >= 11 is 0. The van der Waals surface area contributed by atoms with Gasteiger partial charge in [0.2, 0.25) is 0 Å². The average molecular weight is 807 g/mol. The predicted octanol–water partition coefficient (Wildman–Crippen LogP) is 15.0. The number of hydrogen-bond acceptors (Lipinski definition) is 2. The van der Waals surface area contributed by atoms with Gasteiger partial charge in [-0.05, 0) is 123 Å². The number of para-hydroxylation sites is 3. The van der Waals surface area contributed by atoms with Gasteiger partial charge >= 0.3 is 0 Å². The van der Waals surface area contributed by atoms with Crippen molar-refractivity contribution in [2.24, 2.45) is 0 Å². The van der Waals surface area contributed by atoms with Crippen LogP contribution in [0.15, 0.2) is 210 Å². The van der Waals surface area contributed by atoms with Crippen LogP contribution in [0, 0.1) is 0 Å². The minimum atomic E-state index is 0.256. The minimum Gasteiger partial charge on any atom is -0.363 e. The molecule has 1 atom stereocenters. The van der Waals surface area contributed by atoms with Gasteiger partial charge in [0.1, 0.15) is 0 Å². The van der Waals surface area contributed by atoms with Gasteiger partial charge in [-0.15, -0.1) is 0 Å². The van der Waals surface area contributed by atoms with Gasteiger partial charge in [0.25, 0.3) is 0 Å². The first kappa shape index (κ1) is 39.1. The zero-order chi connectivity index (χ0) is 42.2.